The van der Waals surface area contributed by atoms with Crippen LogP contribution in [0.4, 0.5) is 4.39 Å². The van der Waals surface area contributed by atoms with Gasteiger partial charge in [-0.05, 0) is 62.4 Å². The highest BCUT2D eigenvalue weighted by atomic mass is 19.1. The summed E-state index contributed by atoms with van der Waals surface area (Å²) in [5.41, 5.74) is 4.00. The molecule has 1 saturated heterocycles. The Kier molecular flexibility index (Phi) is 2.86. The van der Waals surface area contributed by atoms with Crippen LogP contribution in [0.1, 0.15) is 35.6 Å². The largest absolute Gasteiger partial charge is 0.356 e. The van der Waals surface area contributed by atoms with E-state index in [1.54, 1.807) is 6.07 Å². The summed E-state index contributed by atoms with van der Waals surface area (Å²) in [6.07, 6.45) is 2.33. The topological polar surface area (TPSA) is 27.8 Å². The van der Waals surface area contributed by atoms with Crippen molar-refractivity contribution in [2.45, 2.75) is 32.6 Å². The highest BCUT2D eigenvalue weighted by molar-refractivity contribution is 5.85. The maximum absolute atomic E-state index is 14.1. The third-order valence-corrected chi connectivity index (χ3v) is 4.16. The number of hydrogen-bond donors (Lipinski definition) is 2. The normalized spacial score (nSPS) is 20.5. The Morgan fingerprint density at radius 2 is 2.11 bits per heavy atom. The molecule has 1 aliphatic rings. The van der Waals surface area contributed by atoms with Gasteiger partial charge in [-0.1, -0.05) is 0 Å². The lowest BCUT2D eigenvalue weighted by molar-refractivity contribution is 0.460. The van der Waals surface area contributed by atoms with Crippen LogP contribution in [0.25, 0.3) is 10.9 Å². The maximum atomic E-state index is 14.1. The van der Waals surface area contributed by atoms with E-state index in [4.69, 9.17) is 0 Å². The standard InChI is InChI=1S/C15H19FN2/c1-9-10(2)18-15-13(9)6-12(7-14(15)16)11-4-3-5-17-8-11/h6-7,11,17-18H,3-5,8H2,1-2H3. The smallest absolute Gasteiger partial charge is 0.147 e. The zero-order chi connectivity index (χ0) is 12.7. The zero-order valence-electron chi connectivity index (χ0n) is 10.9. The first kappa shape index (κ1) is 11.7. The first-order valence-corrected chi connectivity index (χ1v) is 6.66. The van der Waals surface area contributed by atoms with Crippen molar-refractivity contribution in [2.24, 2.45) is 0 Å². The molecular weight excluding hydrogens is 227 g/mol. The fourth-order valence-electron chi connectivity index (χ4n) is 2.91. The summed E-state index contributed by atoms with van der Waals surface area (Å²) in [5, 5.41) is 4.43. The first-order chi connectivity index (χ1) is 8.66. The molecule has 1 unspecified atom stereocenters. The number of nitrogens with one attached hydrogen (secondary N) is 2. The monoisotopic (exact) mass is 246 g/mol. The molecular formula is C15H19FN2. The van der Waals surface area contributed by atoms with Crippen LogP contribution in [-0.2, 0) is 0 Å². The van der Waals surface area contributed by atoms with Crippen LogP contribution in [0, 0.1) is 19.7 Å². The number of H-pyrrole nitrogens is 1. The van der Waals surface area contributed by atoms with E-state index in [2.05, 4.69) is 23.3 Å². The van der Waals surface area contributed by atoms with Gasteiger partial charge in [-0.15, -0.1) is 0 Å². The van der Waals surface area contributed by atoms with Crippen LogP contribution in [0.3, 0.4) is 0 Å². The molecule has 0 aliphatic carbocycles. The molecule has 2 heterocycles. The van der Waals surface area contributed by atoms with Gasteiger partial charge in [0, 0.05) is 17.6 Å². The number of benzene rings is 1. The van der Waals surface area contributed by atoms with Crippen molar-refractivity contribution < 1.29 is 4.39 Å². The molecule has 0 amide bonds. The molecule has 1 atom stereocenters. The summed E-state index contributed by atoms with van der Waals surface area (Å²) in [4.78, 5) is 3.13. The Morgan fingerprint density at radius 3 is 2.83 bits per heavy atom. The van der Waals surface area contributed by atoms with Crippen molar-refractivity contribution in [3.05, 3.63) is 34.8 Å². The summed E-state index contributed by atoms with van der Waals surface area (Å²) >= 11 is 0. The SMILES string of the molecule is Cc1[nH]c2c(F)cc(C3CCCNC3)cc2c1C. The van der Waals surface area contributed by atoms with Crippen LogP contribution < -0.4 is 5.32 Å². The summed E-state index contributed by atoms with van der Waals surface area (Å²) < 4.78 is 14.1. The highest BCUT2D eigenvalue weighted by Crippen LogP contribution is 2.30. The minimum Gasteiger partial charge on any atom is -0.356 e. The molecule has 3 heteroatoms. The third-order valence-electron chi connectivity index (χ3n) is 4.16. The van der Waals surface area contributed by atoms with Crippen molar-refractivity contribution in [1.29, 1.82) is 0 Å². The van der Waals surface area contributed by atoms with Crippen molar-refractivity contribution in [3.8, 4) is 0 Å². The van der Waals surface area contributed by atoms with Crippen molar-refractivity contribution >= 4 is 10.9 Å². The molecule has 18 heavy (non-hydrogen) atoms. The van der Waals surface area contributed by atoms with Gasteiger partial charge >= 0.3 is 0 Å². The number of rotatable bonds is 1. The van der Waals surface area contributed by atoms with Gasteiger partial charge in [-0.3, -0.25) is 0 Å². The fourth-order valence-corrected chi connectivity index (χ4v) is 2.91. The quantitative estimate of drug-likeness (QED) is 0.793. The van der Waals surface area contributed by atoms with Crippen LogP contribution in [0.15, 0.2) is 12.1 Å². The van der Waals surface area contributed by atoms with Gasteiger partial charge in [0.2, 0.25) is 0 Å². The predicted molar refractivity (Wildman–Crippen MR) is 72.6 cm³/mol. The van der Waals surface area contributed by atoms with Gasteiger partial charge in [0.05, 0.1) is 5.52 Å². The number of aromatic amines is 1. The third kappa shape index (κ3) is 1.83. The molecule has 1 aromatic carbocycles. The molecule has 2 N–H and O–H groups in total. The molecule has 1 aromatic heterocycles. The van der Waals surface area contributed by atoms with E-state index >= 15 is 0 Å². The fraction of sp³-hybridized carbons (Fsp3) is 0.467. The number of fused-ring (bicyclic) bond motifs is 1. The highest BCUT2D eigenvalue weighted by Gasteiger charge is 2.18. The van der Waals surface area contributed by atoms with Gasteiger partial charge in [-0.2, -0.15) is 0 Å². The molecule has 0 radical (unpaired) electrons. The van der Waals surface area contributed by atoms with Crippen molar-refractivity contribution in [2.75, 3.05) is 13.1 Å². The lowest BCUT2D eigenvalue weighted by Gasteiger charge is -2.23. The second-order valence-electron chi connectivity index (χ2n) is 5.34. The van der Waals surface area contributed by atoms with Crippen LogP contribution >= 0.6 is 0 Å². The van der Waals surface area contributed by atoms with Gasteiger partial charge in [-0.25, -0.2) is 4.39 Å². The van der Waals surface area contributed by atoms with Gasteiger partial charge in [0.15, 0.2) is 0 Å². The molecule has 1 fully saturated rings. The van der Waals surface area contributed by atoms with E-state index in [1.807, 2.05) is 6.92 Å². The van der Waals surface area contributed by atoms with E-state index < -0.39 is 0 Å². The molecule has 1 aliphatic heterocycles. The molecule has 96 valence electrons. The number of halogens is 1. The Balaban J connectivity index is 2.10. The van der Waals surface area contributed by atoms with E-state index in [1.165, 1.54) is 6.42 Å². The van der Waals surface area contributed by atoms with Crippen LogP contribution in [-0.4, -0.2) is 18.1 Å². The molecule has 3 rings (SSSR count). The molecule has 2 nitrogen and oxygen atoms in total. The Morgan fingerprint density at radius 1 is 1.28 bits per heavy atom. The van der Waals surface area contributed by atoms with Gasteiger partial charge in [0.25, 0.3) is 0 Å². The second kappa shape index (κ2) is 4.39. The van der Waals surface area contributed by atoms with Gasteiger partial charge < -0.3 is 10.3 Å². The minimum absolute atomic E-state index is 0.121. The number of hydrogen-bond acceptors (Lipinski definition) is 1. The Hall–Kier alpha value is -1.35. The maximum Gasteiger partial charge on any atom is 0.147 e. The number of aryl methyl sites for hydroxylation is 2. The molecule has 0 bridgehead atoms. The molecule has 0 spiro atoms. The van der Waals surface area contributed by atoms with Gasteiger partial charge in [0.1, 0.15) is 5.82 Å². The first-order valence-electron chi connectivity index (χ1n) is 6.66. The van der Waals surface area contributed by atoms with E-state index in [0.29, 0.717) is 11.4 Å². The van der Waals surface area contributed by atoms with E-state index in [-0.39, 0.29) is 5.82 Å². The van der Waals surface area contributed by atoms with Crippen LogP contribution in [0.2, 0.25) is 0 Å². The molecule has 0 saturated carbocycles. The van der Waals surface area contributed by atoms with E-state index in [9.17, 15) is 4.39 Å². The van der Waals surface area contributed by atoms with Crippen LogP contribution in [0.5, 0.6) is 0 Å². The van der Waals surface area contributed by atoms with Crippen molar-refractivity contribution in [3.63, 3.8) is 0 Å². The summed E-state index contributed by atoms with van der Waals surface area (Å²) in [7, 11) is 0. The number of aromatic nitrogens is 1. The molecule has 2 aromatic rings. The summed E-state index contributed by atoms with van der Waals surface area (Å²) in [5.74, 6) is 0.330. The lowest BCUT2D eigenvalue weighted by atomic mass is 9.90. The summed E-state index contributed by atoms with van der Waals surface area (Å²) in [6, 6.07) is 3.87. The second-order valence-corrected chi connectivity index (χ2v) is 5.34. The predicted octanol–water partition coefficient (Wildman–Crippen LogP) is 3.39. The zero-order valence-corrected chi connectivity index (χ0v) is 10.9. The summed E-state index contributed by atoms with van der Waals surface area (Å²) in [6.45, 7) is 6.10. The average Bonchev–Trinajstić information content (AvgIpc) is 2.68. The average molecular weight is 246 g/mol. The Labute approximate surface area is 107 Å². The Bertz CT molecular complexity index is 580. The lowest BCUT2D eigenvalue weighted by Crippen LogP contribution is -2.28. The van der Waals surface area contributed by atoms with E-state index in [0.717, 1.165) is 41.7 Å². The minimum atomic E-state index is -0.121. The van der Waals surface area contributed by atoms with Crippen molar-refractivity contribution in [1.82, 2.24) is 10.3 Å². The number of piperidine rings is 1.